The first kappa shape index (κ1) is 12.4. The van der Waals surface area contributed by atoms with Crippen LogP contribution in [-0.2, 0) is 0 Å². The highest BCUT2D eigenvalue weighted by atomic mass is 14.9. The van der Waals surface area contributed by atoms with E-state index < -0.39 is 0 Å². The summed E-state index contributed by atoms with van der Waals surface area (Å²) in [4.78, 5) is 0. The van der Waals surface area contributed by atoms with Gasteiger partial charge >= 0.3 is 0 Å². The molecule has 2 aliphatic rings. The highest BCUT2D eigenvalue weighted by molar-refractivity contribution is 4.82. The molecule has 0 aromatic rings. The maximum Gasteiger partial charge on any atom is 0.00698 e. The maximum atomic E-state index is 5.87. The van der Waals surface area contributed by atoms with E-state index in [2.05, 4.69) is 12.2 Å². The van der Waals surface area contributed by atoms with Crippen LogP contribution in [0.5, 0.6) is 0 Å². The average Bonchev–Trinajstić information content (AvgIpc) is 2.73. The second-order valence-corrected chi connectivity index (χ2v) is 6.06. The Kier molecular flexibility index (Phi) is 4.66. The molecule has 2 nitrogen and oxygen atoms in total. The van der Waals surface area contributed by atoms with Crippen LogP contribution in [0.25, 0.3) is 0 Å². The molecule has 0 spiro atoms. The summed E-state index contributed by atoms with van der Waals surface area (Å²) in [5, 5.41) is 3.79. The third-order valence-corrected chi connectivity index (χ3v) is 4.73. The van der Waals surface area contributed by atoms with E-state index in [0.717, 1.165) is 30.3 Å². The zero-order chi connectivity index (χ0) is 11.4. The molecular formula is C14H28N2. The van der Waals surface area contributed by atoms with E-state index >= 15 is 0 Å². The average molecular weight is 224 g/mol. The quantitative estimate of drug-likeness (QED) is 0.770. The molecule has 0 radical (unpaired) electrons. The summed E-state index contributed by atoms with van der Waals surface area (Å²) in [5.74, 6) is 2.59. The monoisotopic (exact) mass is 224 g/mol. The van der Waals surface area contributed by atoms with Gasteiger partial charge in [-0.15, -0.1) is 0 Å². The Bertz CT molecular complexity index is 205. The fourth-order valence-corrected chi connectivity index (χ4v) is 3.57. The van der Waals surface area contributed by atoms with E-state index in [9.17, 15) is 0 Å². The van der Waals surface area contributed by atoms with Crippen molar-refractivity contribution < 1.29 is 0 Å². The van der Waals surface area contributed by atoms with Gasteiger partial charge in [0.05, 0.1) is 0 Å². The van der Waals surface area contributed by atoms with Crippen LogP contribution in [0.4, 0.5) is 0 Å². The fourth-order valence-electron chi connectivity index (χ4n) is 3.57. The SMILES string of the molecule is CC1CCC(NCC2CCCCC2CN)C1. The lowest BCUT2D eigenvalue weighted by molar-refractivity contribution is 0.229. The molecule has 94 valence electrons. The van der Waals surface area contributed by atoms with Crippen molar-refractivity contribution in [1.82, 2.24) is 5.32 Å². The van der Waals surface area contributed by atoms with Crippen molar-refractivity contribution in [3.63, 3.8) is 0 Å². The van der Waals surface area contributed by atoms with Gasteiger partial charge in [0.2, 0.25) is 0 Å². The summed E-state index contributed by atoms with van der Waals surface area (Å²) >= 11 is 0. The van der Waals surface area contributed by atoms with Crippen molar-refractivity contribution in [2.45, 2.75) is 57.9 Å². The van der Waals surface area contributed by atoms with E-state index in [1.807, 2.05) is 0 Å². The Balaban J connectivity index is 1.71. The second kappa shape index (κ2) is 6.02. The van der Waals surface area contributed by atoms with Gasteiger partial charge in [0, 0.05) is 6.04 Å². The van der Waals surface area contributed by atoms with Crippen LogP contribution in [0.2, 0.25) is 0 Å². The van der Waals surface area contributed by atoms with Gasteiger partial charge in [-0.3, -0.25) is 0 Å². The van der Waals surface area contributed by atoms with Crippen molar-refractivity contribution in [1.29, 1.82) is 0 Å². The molecule has 0 heterocycles. The molecule has 2 aliphatic carbocycles. The molecule has 0 aromatic heterocycles. The van der Waals surface area contributed by atoms with Gasteiger partial charge in [-0.25, -0.2) is 0 Å². The highest BCUT2D eigenvalue weighted by Crippen LogP contribution is 2.30. The van der Waals surface area contributed by atoms with Crippen LogP contribution in [-0.4, -0.2) is 19.1 Å². The minimum absolute atomic E-state index is 0.792. The number of hydrogen-bond acceptors (Lipinski definition) is 2. The van der Waals surface area contributed by atoms with Crippen LogP contribution >= 0.6 is 0 Å². The van der Waals surface area contributed by atoms with E-state index in [1.165, 1.54) is 51.5 Å². The largest absolute Gasteiger partial charge is 0.330 e. The van der Waals surface area contributed by atoms with Crippen LogP contribution in [0.3, 0.4) is 0 Å². The molecule has 0 aliphatic heterocycles. The summed E-state index contributed by atoms with van der Waals surface area (Å²) in [6.45, 7) is 4.50. The Morgan fingerprint density at radius 2 is 1.81 bits per heavy atom. The number of hydrogen-bond donors (Lipinski definition) is 2. The Labute approximate surface area is 100 Å². The van der Waals surface area contributed by atoms with E-state index in [-0.39, 0.29) is 0 Å². The predicted molar refractivity (Wildman–Crippen MR) is 69.3 cm³/mol. The van der Waals surface area contributed by atoms with Gasteiger partial charge in [0.1, 0.15) is 0 Å². The number of nitrogens with one attached hydrogen (secondary N) is 1. The zero-order valence-electron chi connectivity index (χ0n) is 10.8. The van der Waals surface area contributed by atoms with Crippen LogP contribution in [0.1, 0.15) is 51.9 Å². The molecular weight excluding hydrogens is 196 g/mol. The first-order valence-corrected chi connectivity index (χ1v) is 7.23. The van der Waals surface area contributed by atoms with Crippen molar-refractivity contribution in [3.05, 3.63) is 0 Å². The second-order valence-electron chi connectivity index (χ2n) is 6.06. The molecule has 2 fully saturated rings. The molecule has 2 heteroatoms. The molecule has 2 rings (SSSR count). The summed E-state index contributed by atoms with van der Waals surface area (Å²) in [5.41, 5.74) is 5.87. The Morgan fingerprint density at radius 1 is 1.06 bits per heavy atom. The van der Waals surface area contributed by atoms with E-state index in [1.54, 1.807) is 0 Å². The van der Waals surface area contributed by atoms with Crippen molar-refractivity contribution >= 4 is 0 Å². The number of rotatable bonds is 4. The summed E-state index contributed by atoms with van der Waals surface area (Å²) in [6.07, 6.45) is 9.79. The normalized spacial score (nSPS) is 40.1. The Morgan fingerprint density at radius 3 is 2.44 bits per heavy atom. The van der Waals surface area contributed by atoms with Gasteiger partial charge in [0.25, 0.3) is 0 Å². The topological polar surface area (TPSA) is 38.0 Å². The molecule has 0 amide bonds. The first-order valence-electron chi connectivity index (χ1n) is 7.23. The third-order valence-electron chi connectivity index (χ3n) is 4.73. The predicted octanol–water partition coefficient (Wildman–Crippen LogP) is 2.53. The van der Waals surface area contributed by atoms with Gasteiger partial charge in [-0.2, -0.15) is 0 Å². The minimum atomic E-state index is 0.792. The van der Waals surface area contributed by atoms with Crippen molar-refractivity contribution in [2.75, 3.05) is 13.1 Å². The lowest BCUT2D eigenvalue weighted by Crippen LogP contribution is -2.38. The van der Waals surface area contributed by atoms with Gasteiger partial charge < -0.3 is 11.1 Å². The van der Waals surface area contributed by atoms with Crippen LogP contribution < -0.4 is 11.1 Å². The highest BCUT2D eigenvalue weighted by Gasteiger charge is 2.26. The van der Waals surface area contributed by atoms with Crippen molar-refractivity contribution in [2.24, 2.45) is 23.5 Å². The molecule has 4 unspecified atom stereocenters. The first-order chi connectivity index (χ1) is 7.79. The molecule has 16 heavy (non-hydrogen) atoms. The lowest BCUT2D eigenvalue weighted by Gasteiger charge is -2.31. The lowest BCUT2D eigenvalue weighted by atomic mass is 9.79. The smallest absolute Gasteiger partial charge is 0.00698 e. The molecule has 0 saturated heterocycles. The van der Waals surface area contributed by atoms with E-state index in [0.29, 0.717) is 0 Å². The standard InChI is InChI=1S/C14H28N2/c1-11-6-7-14(8-11)16-10-13-5-3-2-4-12(13)9-15/h11-14,16H,2-10,15H2,1H3. The molecule has 0 aromatic carbocycles. The number of nitrogens with two attached hydrogens (primary N) is 1. The molecule has 3 N–H and O–H groups in total. The summed E-state index contributed by atoms with van der Waals surface area (Å²) in [7, 11) is 0. The van der Waals surface area contributed by atoms with Gasteiger partial charge in [-0.1, -0.05) is 19.8 Å². The molecule has 0 bridgehead atoms. The zero-order valence-corrected chi connectivity index (χ0v) is 10.8. The summed E-state index contributed by atoms with van der Waals surface area (Å²) in [6, 6.07) is 0.801. The molecule has 4 atom stereocenters. The van der Waals surface area contributed by atoms with Crippen molar-refractivity contribution in [3.8, 4) is 0 Å². The fraction of sp³-hybridized carbons (Fsp3) is 1.00. The van der Waals surface area contributed by atoms with Gasteiger partial charge in [-0.05, 0) is 62.9 Å². The van der Waals surface area contributed by atoms with Crippen LogP contribution in [0.15, 0.2) is 0 Å². The molecule has 2 saturated carbocycles. The summed E-state index contributed by atoms with van der Waals surface area (Å²) < 4.78 is 0. The maximum absolute atomic E-state index is 5.87. The van der Waals surface area contributed by atoms with Gasteiger partial charge in [0.15, 0.2) is 0 Å². The third kappa shape index (κ3) is 3.21. The Hall–Kier alpha value is -0.0800. The minimum Gasteiger partial charge on any atom is -0.330 e. The van der Waals surface area contributed by atoms with E-state index in [4.69, 9.17) is 5.73 Å². The van der Waals surface area contributed by atoms with Crippen LogP contribution in [0, 0.1) is 17.8 Å².